The molecule has 1 heterocycles. The van der Waals surface area contributed by atoms with Crippen molar-refractivity contribution in [2.24, 2.45) is 0 Å². The van der Waals surface area contributed by atoms with Crippen molar-refractivity contribution in [1.29, 1.82) is 5.26 Å². The summed E-state index contributed by atoms with van der Waals surface area (Å²) in [6.45, 7) is 0.361. The molecule has 0 amide bonds. The summed E-state index contributed by atoms with van der Waals surface area (Å²) >= 11 is 0. The largest absolute Gasteiger partial charge is 0.493 e. The Hall–Kier alpha value is -3.52. The van der Waals surface area contributed by atoms with Crippen LogP contribution in [0.1, 0.15) is 21.7 Å². The second-order valence-electron chi connectivity index (χ2n) is 5.25. The van der Waals surface area contributed by atoms with Gasteiger partial charge in [0.05, 0.1) is 12.7 Å². The lowest BCUT2D eigenvalue weighted by Gasteiger charge is -2.13. The lowest BCUT2D eigenvalue weighted by Crippen LogP contribution is -1.99. The van der Waals surface area contributed by atoms with Crippen LogP contribution in [-0.4, -0.2) is 13.4 Å². The summed E-state index contributed by atoms with van der Waals surface area (Å²) in [5.41, 5.74) is 1.92. The van der Waals surface area contributed by atoms with Crippen LogP contribution in [0.2, 0.25) is 0 Å². The molecular weight excluding hydrogens is 318 g/mol. The number of ether oxygens (including phenoxy) is 2. The molecule has 5 nitrogen and oxygen atoms in total. The molecular formula is C20H15NO4. The van der Waals surface area contributed by atoms with Crippen LogP contribution in [0.15, 0.2) is 59.0 Å². The number of carbonyl (C=O) groups is 1. The number of methoxy groups -OCH3 is 1. The van der Waals surface area contributed by atoms with Gasteiger partial charge in [0.15, 0.2) is 23.5 Å². The van der Waals surface area contributed by atoms with Crippen molar-refractivity contribution in [3.63, 3.8) is 0 Å². The van der Waals surface area contributed by atoms with E-state index in [9.17, 15) is 10.1 Å². The van der Waals surface area contributed by atoms with Gasteiger partial charge in [-0.1, -0.05) is 30.3 Å². The van der Waals surface area contributed by atoms with E-state index in [4.69, 9.17) is 13.9 Å². The Kier molecular flexibility index (Phi) is 4.82. The zero-order valence-electron chi connectivity index (χ0n) is 13.6. The van der Waals surface area contributed by atoms with Crippen LogP contribution in [0.25, 0.3) is 11.3 Å². The van der Waals surface area contributed by atoms with Gasteiger partial charge in [-0.2, -0.15) is 5.26 Å². The van der Waals surface area contributed by atoms with E-state index in [-0.39, 0.29) is 5.76 Å². The number of nitriles is 1. The molecule has 5 heteroatoms. The lowest BCUT2D eigenvalue weighted by atomic mass is 10.0. The summed E-state index contributed by atoms with van der Waals surface area (Å²) in [6.07, 6.45) is 0.617. The molecule has 0 fully saturated rings. The van der Waals surface area contributed by atoms with E-state index in [0.717, 1.165) is 5.56 Å². The van der Waals surface area contributed by atoms with Gasteiger partial charge < -0.3 is 13.9 Å². The monoisotopic (exact) mass is 333 g/mol. The van der Waals surface area contributed by atoms with Gasteiger partial charge in [0.1, 0.15) is 18.4 Å². The lowest BCUT2D eigenvalue weighted by molar-refractivity contribution is 0.110. The Bertz CT molecular complexity index is 923. The number of furan rings is 1. The molecule has 3 aromatic rings. The highest BCUT2D eigenvalue weighted by Crippen LogP contribution is 2.36. The Balaban J connectivity index is 1.98. The van der Waals surface area contributed by atoms with Gasteiger partial charge in [-0.3, -0.25) is 4.79 Å². The van der Waals surface area contributed by atoms with Gasteiger partial charge in [0.2, 0.25) is 0 Å². The zero-order chi connectivity index (χ0) is 17.6. The van der Waals surface area contributed by atoms with Crippen LogP contribution >= 0.6 is 0 Å². The fraction of sp³-hybridized carbons (Fsp3) is 0.100. The maximum Gasteiger partial charge on any atom is 0.185 e. The van der Waals surface area contributed by atoms with Crippen molar-refractivity contribution < 1.29 is 18.7 Å². The van der Waals surface area contributed by atoms with E-state index in [1.54, 1.807) is 24.3 Å². The van der Waals surface area contributed by atoms with Crippen molar-refractivity contribution in [1.82, 2.24) is 0 Å². The van der Waals surface area contributed by atoms with E-state index in [0.29, 0.717) is 41.3 Å². The first-order valence-electron chi connectivity index (χ1n) is 7.59. The van der Waals surface area contributed by atoms with Crippen LogP contribution in [0, 0.1) is 11.3 Å². The van der Waals surface area contributed by atoms with Crippen LogP contribution in [0.4, 0.5) is 0 Å². The number of rotatable bonds is 6. The summed E-state index contributed by atoms with van der Waals surface area (Å²) in [4.78, 5) is 10.8. The number of benzene rings is 2. The molecule has 0 unspecified atom stereocenters. The number of nitrogens with zero attached hydrogens (tertiary/aromatic N) is 1. The summed E-state index contributed by atoms with van der Waals surface area (Å²) in [5.74, 6) is 1.56. The molecule has 0 saturated carbocycles. The Morgan fingerprint density at radius 3 is 2.56 bits per heavy atom. The topological polar surface area (TPSA) is 72.5 Å². The van der Waals surface area contributed by atoms with E-state index < -0.39 is 0 Å². The van der Waals surface area contributed by atoms with Gasteiger partial charge in [0, 0.05) is 11.6 Å². The van der Waals surface area contributed by atoms with Gasteiger partial charge in [0.25, 0.3) is 0 Å². The minimum absolute atomic E-state index is 0.196. The van der Waals surface area contributed by atoms with Gasteiger partial charge in [-0.05, 0) is 23.8 Å². The molecule has 124 valence electrons. The molecule has 0 saturated heterocycles. The second kappa shape index (κ2) is 7.37. The Morgan fingerprint density at radius 1 is 1.12 bits per heavy atom. The third-order valence-electron chi connectivity index (χ3n) is 3.67. The van der Waals surface area contributed by atoms with Crippen molar-refractivity contribution in [3.05, 3.63) is 71.5 Å². The normalized spacial score (nSPS) is 10.1. The predicted octanol–water partition coefficient (Wildman–Crippen LogP) is 4.22. The molecule has 0 aliphatic heterocycles. The predicted molar refractivity (Wildman–Crippen MR) is 91.6 cm³/mol. The minimum Gasteiger partial charge on any atom is -0.493 e. The standard InChI is InChI=1S/C20H15NO4/c1-23-19-9-15(11-21)17(18-8-7-16(12-22)25-18)10-20(19)24-13-14-5-3-2-4-6-14/h2-10,12H,13H2,1H3. The maximum absolute atomic E-state index is 10.8. The average Bonchev–Trinajstić information content (AvgIpc) is 3.15. The van der Waals surface area contributed by atoms with E-state index in [1.165, 1.54) is 7.11 Å². The second-order valence-corrected chi connectivity index (χ2v) is 5.25. The molecule has 0 atom stereocenters. The molecule has 0 radical (unpaired) electrons. The van der Waals surface area contributed by atoms with Crippen molar-refractivity contribution in [2.45, 2.75) is 6.61 Å². The summed E-state index contributed by atoms with van der Waals surface area (Å²) in [6, 6.07) is 18.3. The number of aldehydes is 1. The fourth-order valence-corrected chi connectivity index (χ4v) is 2.42. The average molecular weight is 333 g/mol. The first-order valence-corrected chi connectivity index (χ1v) is 7.59. The summed E-state index contributed by atoms with van der Waals surface area (Å²) < 4.78 is 16.6. The minimum atomic E-state index is 0.196. The number of hydrogen-bond donors (Lipinski definition) is 0. The highest BCUT2D eigenvalue weighted by Gasteiger charge is 2.16. The molecule has 0 aliphatic carbocycles. The van der Waals surface area contributed by atoms with Crippen LogP contribution in [0.3, 0.4) is 0 Å². The number of hydrogen-bond acceptors (Lipinski definition) is 5. The van der Waals surface area contributed by atoms with Crippen LogP contribution < -0.4 is 9.47 Å². The summed E-state index contributed by atoms with van der Waals surface area (Å²) in [7, 11) is 1.52. The Morgan fingerprint density at radius 2 is 1.92 bits per heavy atom. The summed E-state index contributed by atoms with van der Waals surface area (Å²) in [5, 5.41) is 9.40. The highest BCUT2D eigenvalue weighted by molar-refractivity contribution is 5.75. The highest BCUT2D eigenvalue weighted by atomic mass is 16.5. The van der Waals surface area contributed by atoms with Gasteiger partial charge in [-0.15, -0.1) is 0 Å². The Labute approximate surface area is 145 Å². The molecule has 0 bridgehead atoms. The van der Waals surface area contributed by atoms with Gasteiger partial charge in [-0.25, -0.2) is 0 Å². The van der Waals surface area contributed by atoms with E-state index >= 15 is 0 Å². The molecule has 1 aromatic heterocycles. The molecule has 0 spiro atoms. The number of carbonyl (C=O) groups excluding carboxylic acids is 1. The van der Waals surface area contributed by atoms with Crippen molar-refractivity contribution in [2.75, 3.05) is 7.11 Å². The van der Waals surface area contributed by atoms with Crippen molar-refractivity contribution in [3.8, 4) is 28.9 Å². The first-order chi connectivity index (χ1) is 12.2. The van der Waals surface area contributed by atoms with Crippen LogP contribution in [-0.2, 0) is 6.61 Å². The van der Waals surface area contributed by atoms with Gasteiger partial charge >= 0.3 is 0 Å². The molecule has 25 heavy (non-hydrogen) atoms. The molecule has 0 aliphatic rings. The third kappa shape index (κ3) is 3.54. The molecule has 0 N–H and O–H groups in total. The smallest absolute Gasteiger partial charge is 0.185 e. The van der Waals surface area contributed by atoms with E-state index in [2.05, 4.69) is 6.07 Å². The zero-order valence-corrected chi connectivity index (χ0v) is 13.6. The van der Waals surface area contributed by atoms with Crippen LogP contribution in [0.5, 0.6) is 11.5 Å². The SMILES string of the molecule is COc1cc(C#N)c(-c2ccc(C=O)o2)cc1OCc1ccccc1. The fourth-order valence-electron chi connectivity index (χ4n) is 2.42. The molecule has 2 aromatic carbocycles. The molecule has 3 rings (SSSR count). The van der Waals surface area contributed by atoms with E-state index in [1.807, 2.05) is 30.3 Å². The maximum atomic E-state index is 10.8. The van der Waals surface area contributed by atoms with Crippen molar-refractivity contribution >= 4 is 6.29 Å². The quantitative estimate of drug-likeness (QED) is 0.632. The first kappa shape index (κ1) is 16.3. The third-order valence-corrected chi connectivity index (χ3v) is 3.67.